The molecule has 1 spiro atoms. The second-order valence-corrected chi connectivity index (χ2v) is 5.73. The second kappa shape index (κ2) is 3.49. The van der Waals surface area contributed by atoms with Crippen molar-refractivity contribution in [2.24, 2.45) is 23.0 Å². The van der Waals surface area contributed by atoms with Crippen LogP contribution in [0.5, 0.6) is 0 Å². The number of hydrogen-bond donors (Lipinski definition) is 1. The normalized spacial score (nSPS) is 38.6. The summed E-state index contributed by atoms with van der Waals surface area (Å²) >= 11 is 0. The topological polar surface area (TPSA) is 29.3 Å². The molecule has 1 saturated heterocycles. The molecule has 1 aliphatic carbocycles. The van der Waals surface area contributed by atoms with E-state index in [9.17, 15) is 0 Å². The summed E-state index contributed by atoms with van der Waals surface area (Å²) in [6.07, 6.45) is 2.95. The third-order valence-electron chi connectivity index (χ3n) is 4.40. The van der Waals surface area contributed by atoms with Gasteiger partial charge in [0, 0.05) is 25.7 Å². The molecule has 1 aliphatic heterocycles. The van der Waals surface area contributed by atoms with Crippen LogP contribution in [0.25, 0.3) is 0 Å². The fourth-order valence-corrected chi connectivity index (χ4v) is 3.38. The van der Waals surface area contributed by atoms with Crippen LogP contribution >= 0.6 is 0 Å². The van der Waals surface area contributed by atoms with Gasteiger partial charge in [-0.1, -0.05) is 13.8 Å². The first-order valence-electron chi connectivity index (χ1n) is 6.02. The summed E-state index contributed by atoms with van der Waals surface area (Å²) in [5, 5.41) is 0. The Labute approximate surface area is 87.8 Å². The Balaban J connectivity index is 1.94. The average molecular weight is 196 g/mol. The minimum Gasteiger partial charge on any atom is -0.327 e. The van der Waals surface area contributed by atoms with Gasteiger partial charge in [0.1, 0.15) is 0 Å². The molecule has 2 aliphatic rings. The Hall–Kier alpha value is -0.0800. The lowest BCUT2D eigenvalue weighted by Gasteiger charge is -2.42. The maximum Gasteiger partial charge on any atom is 0.0139 e. The van der Waals surface area contributed by atoms with Crippen LogP contribution in [-0.2, 0) is 0 Å². The van der Waals surface area contributed by atoms with Gasteiger partial charge in [-0.3, -0.25) is 0 Å². The average Bonchev–Trinajstić information content (AvgIpc) is 2.79. The van der Waals surface area contributed by atoms with Crippen molar-refractivity contribution >= 4 is 0 Å². The molecule has 2 fully saturated rings. The van der Waals surface area contributed by atoms with Crippen LogP contribution in [0.15, 0.2) is 0 Å². The van der Waals surface area contributed by atoms with Gasteiger partial charge in [-0.05, 0) is 37.0 Å². The SMILES string of the molecule is CC(N)CN1CC(C)C2(CC2)C(C)C1. The Bertz CT molecular complexity index is 194. The summed E-state index contributed by atoms with van der Waals surface area (Å²) in [5.41, 5.74) is 6.59. The molecular weight excluding hydrogens is 172 g/mol. The van der Waals surface area contributed by atoms with Gasteiger partial charge in [0.15, 0.2) is 0 Å². The highest BCUT2D eigenvalue weighted by Gasteiger charge is 2.53. The van der Waals surface area contributed by atoms with Gasteiger partial charge in [-0.25, -0.2) is 0 Å². The molecule has 2 N–H and O–H groups in total. The Kier molecular flexibility index (Phi) is 2.61. The van der Waals surface area contributed by atoms with Gasteiger partial charge in [-0.2, -0.15) is 0 Å². The van der Waals surface area contributed by atoms with E-state index >= 15 is 0 Å². The van der Waals surface area contributed by atoms with Gasteiger partial charge in [-0.15, -0.1) is 0 Å². The molecular formula is C12H24N2. The van der Waals surface area contributed by atoms with E-state index < -0.39 is 0 Å². The molecule has 0 bridgehead atoms. The molecule has 3 unspecified atom stereocenters. The third kappa shape index (κ3) is 1.70. The van der Waals surface area contributed by atoms with E-state index in [4.69, 9.17) is 5.73 Å². The molecule has 2 heteroatoms. The standard InChI is InChI=1S/C12H24N2/c1-9-6-14(8-11(3)13)7-10(2)12(9)4-5-12/h9-11H,4-8,13H2,1-3H3. The number of nitrogens with two attached hydrogens (primary N) is 1. The Morgan fingerprint density at radius 1 is 1.29 bits per heavy atom. The molecule has 2 nitrogen and oxygen atoms in total. The Morgan fingerprint density at radius 3 is 2.14 bits per heavy atom. The number of piperidine rings is 1. The van der Waals surface area contributed by atoms with Crippen molar-refractivity contribution in [2.45, 2.75) is 39.7 Å². The van der Waals surface area contributed by atoms with Crippen molar-refractivity contribution in [2.75, 3.05) is 19.6 Å². The summed E-state index contributed by atoms with van der Waals surface area (Å²) in [5.74, 6) is 1.76. The third-order valence-corrected chi connectivity index (χ3v) is 4.40. The van der Waals surface area contributed by atoms with E-state index in [0.29, 0.717) is 6.04 Å². The smallest absolute Gasteiger partial charge is 0.0139 e. The van der Waals surface area contributed by atoms with Crippen LogP contribution in [0.3, 0.4) is 0 Å². The monoisotopic (exact) mass is 196 g/mol. The number of rotatable bonds is 2. The van der Waals surface area contributed by atoms with Crippen LogP contribution in [0.4, 0.5) is 0 Å². The number of hydrogen-bond acceptors (Lipinski definition) is 2. The first-order chi connectivity index (χ1) is 6.54. The zero-order valence-corrected chi connectivity index (χ0v) is 9.79. The lowest BCUT2D eigenvalue weighted by molar-refractivity contribution is 0.0591. The second-order valence-electron chi connectivity index (χ2n) is 5.73. The minimum absolute atomic E-state index is 0.322. The first-order valence-corrected chi connectivity index (χ1v) is 6.02. The van der Waals surface area contributed by atoms with Gasteiger partial charge in [0.2, 0.25) is 0 Å². The molecule has 0 amide bonds. The Morgan fingerprint density at radius 2 is 1.79 bits per heavy atom. The maximum absolute atomic E-state index is 5.86. The largest absolute Gasteiger partial charge is 0.327 e. The lowest BCUT2D eigenvalue weighted by Crippen LogP contribution is -2.48. The molecule has 2 rings (SSSR count). The summed E-state index contributed by atoms with van der Waals surface area (Å²) in [6.45, 7) is 10.6. The van der Waals surface area contributed by atoms with Crippen molar-refractivity contribution in [3.05, 3.63) is 0 Å². The molecule has 0 aromatic rings. The van der Waals surface area contributed by atoms with E-state index in [-0.39, 0.29) is 0 Å². The lowest BCUT2D eigenvalue weighted by atomic mass is 9.76. The van der Waals surface area contributed by atoms with Crippen molar-refractivity contribution < 1.29 is 0 Å². The molecule has 1 heterocycles. The highest BCUT2D eigenvalue weighted by molar-refractivity contribution is 5.04. The number of likely N-dealkylation sites (tertiary alicyclic amines) is 1. The van der Waals surface area contributed by atoms with Crippen molar-refractivity contribution in [3.63, 3.8) is 0 Å². The van der Waals surface area contributed by atoms with Crippen molar-refractivity contribution in [1.82, 2.24) is 4.90 Å². The molecule has 82 valence electrons. The summed E-state index contributed by atoms with van der Waals surface area (Å²) in [4.78, 5) is 2.56. The van der Waals surface area contributed by atoms with Crippen LogP contribution in [-0.4, -0.2) is 30.6 Å². The predicted octanol–water partition coefficient (Wildman–Crippen LogP) is 1.70. The minimum atomic E-state index is 0.322. The maximum atomic E-state index is 5.86. The van der Waals surface area contributed by atoms with E-state index in [1.54, 1.807) is 0 Å². The summed E-state index contributed by atoms with van der Waals surface area (Å²) < 4.78 is 0. The number of nitrogens with zero attached hydrogens (tertiary/aromatic N) is 1. The summed E-state index contributed by atoms with van der Waals surface area (Å²) in [6, 6.07) is 0.322. The van der Waals surface area contributed by atoms with Crippen LogP contribution in [0.1, 0.15) is 33.6 Å². The molecule has 1 saturated carbocycles. The highest BCUT2D eigenvalue weighted by Crippen LogP contribution is 2.59. The first kappa shape index (κ1) is 10.4. The zero-order valence-electron chi connectivity index (χ0n) is 9.79. The van der Waals surface area contributed by atoms with Gasteiger partial charge < -0.3 is 10.6 Å². The van der Waals surface area contributed by atoms with Gasteiger partial charge in [0.25, 0.3) is 0 Å². The summed E-state index contributed by atoms with van der Waals surface area (Å²) in [7, 11) is 0. The van der Waals surface area contributed by atoms with E-state index in [1.807, 2.05) is 0 Å². The van der Waals surface area contributed by atoms with E-state index in [2.05, 4.69) is 25.7 Å². The van der Waals surface area contributed by atoms with Crippen LogP contribution in [0, 0.1) is 17.3 Å². The quantitative estimate of drug-likeness (QED) is 0.728. The van der Waals surface area contributed by atoms with Crippen LogP contribution < -0.4 is 5.73 Å². The zero-order chi connectivity index (χ0) is 10.3. The fraction of sp³-hybridized carbons (Fsp3) is 1.00. The van der Waals surface area contributed by atoms with Crippen LogP contribution in [0.2, 0.25) is 0 Å². The van der Waals surface area contributed by atoms with Gasteiger partial charge >= 0.3 is 0 Å². The molecule has 14 heavy (non-hydrogen) atoms. The van der Waals surface area contributed by atoms with E-state index in [0.717, 1.165) is 23.8 Å². The molecule has 0 aromatic heterocycles. The van der Waals surface area contributed by atoms with Crippen molar-refractivity contribution in [1.29, 1.82) is 0 Å². The van der Waals surface area contributed by atoms with Gasteiger partial charge in [0.05, 0.1) is 0 Å². The molecule has 0 aromatic carbocycles. The fourth-order valence-electron chi connectivity index (χ4n) is 3.38. The molecule has 3 atom stereocenters. The molecule has 0 radical (unpaired) electrons. The predicted molar refractivity (Wildman–Crippen MR) is 60.1 cm³/mol. The highest BCUT2D eigenvalue weighted by atomic mass is 15.2. The van der Waals surface area contributed by atoms with E-state index in [1.165, 1.54) is 25.9 Å². The van der Waals surface area contributed by atoms with Crippen molar-refractivity contribution in [3.8, 4) is 0 Å².